The van der Waals surface area contributed by atoms with E-state index in [1.807, 2.05) is 0 Å². The fraction of sp³-hybridized carbons (Fsp3) is 1.00. The van der Waals surface area contributed by atoms with Crippen LogP contribution in [0.25, 0.3) is 0 Å². The maximum atomic E-state index is 9.50. The molecule has 1 aliphatic heterocycles. The van der Waals surface area contributed by atoms with Crippen LogP contribution in [0.1, 0.15) is 51.4 Å². The van der Waals surface area contributed by atoms with Gasteiger partial charge in [-0.25, -0.2) is 0 Å². The number of aliphatic hydroxyl groups excluding tert-OH is 1. The van der Waals surface area contributed by atoms with E-state index in [4.69, 9.17) is 5.73 Å². The van der Waals surface area contributed by atoms with Gasteiger partial charge in [-0.2, -0.15) is 0 Å². The SMILES string of the molecule is NC1(CO)CCCC(N2CCN(C3CCCC3)CC2)C1. The average Bonchev–Trinajstić information content (AvgIpc) is 3.02. The van der Waals surface area contributed by atoms with Gasteiger partial charge < -0.3 is 10.8 Å². The third kappa shape index (κ3) is 3.19. The van der Waals surface area contributed by atoms with Crippen molar-refractivity contribution in [2.75, 3.05) is 32.8 Å². The minimum Gasteiger partial charge on any atom is -0.394 e. The molecule has 1 saturated heterocycles. The molecule has 3 fully saturated rings. The number of piperazine rings is 1. The van der Waals surface area contributed by atoms with Crippen LogP contribution in [0.4, 0.5) is 0 Å². The zero-order valence-corrected chi connectivity index (χ0v) is 12.8. The molecule has 3 rings (SSSR count). The van der Waals surface area contributed by atoms with Crippen molar-refractivity contribution in [3.8, 4) is 0 Å². The molecule has 2 saturated carbocycles. The summed E-state index contributed by atoms with van der Waals surface area (Å²) in [5, 5.41) is 9.50. The first-order valence-electron chi connectivity index (χ1n) is 8.58. The number of hydrogen-bond acceptors (Lipinski definition) is 4. The highest BCUT2D eigenvalue weighted by Gasteiger charge is 2.36. The topological polar surface area (TPSA) is 52.7 Å². The van der Waals surface area contributed by atoms with Gasteiger partial charge in [0.2, 0.25) is 0 Å². The third-order valence-corrected chi connectivity index (χ3v) is 5.88. The first-order valence-corrected chi connectivity index (χ1v) is 8.58. The molecule has 2 atom stereocenters. The Morgan fingerprint density at radius 3 is 2.05 bits per heavy atom. The summed E-state index contributed by atoms with van der Waals surface area (Å²) in [6.45, 7) is 5.01. The minimum atomic E-state index is -0.314. The molecule has 0 amide bonds. The molecule has 4 nitrogen and oxygen atoms in total. The van der Waals surface area contributed by atoms with Crippen molar-refractivity contribution in [1.29, 1.82) is 0 Å². The Balaban J connectivity index is 1.50. The fourth-order valence-electron chi connectivity index (χ4n) is 4.56. The van der Waals surface area contributed by atoms with Crippen molar-refractivity contribution in [3.63, 3.8) is 0 Å². The quantitative estimate of drug-likeness (QED) is 0.815. The van der Waals surface area contributed by atoms with Crippen LogP contribution in [0.3, 0.4) is 0 Å². The molecular formula is C16H31N3O. The van der Waals surface area contributed by atoms with E-state index in [2.05, 4.69) is 9.80 Å². The van der Waals surface area contributed by atoms with E-state index in [0.717, 1.165) is 18.9 Å². The molecule has 116 valence electrons. The van der Waals surface area contributed by atoms with Gasteiger partial charge in [-0.15, -0.1) is 0 Å². The van der Waals surface area contributed by atoms with Crippen molar-refractivity contribution in [2.24, 2.45) is 5.73 Å². The van der Waals surface area contributed by atoms with Gasteiger partial charge in [0.1, 0.15) is 0 Å². The number of aliphatic hydroxyl groups is 1. The average molecular weight is 281 g/mol. The lowest BCUT2D eigenvalue weighted by Crippen LogP contribution is -2.57. The normalized spacial score (nSPS) is 38.4. The summed E-state index contributed by atoms with van der Waals surface area (Å²) in [7, 11) is 0. The van der Waals surface area contributed by atoms with E-state index in [0.29, 0.717) is 6.04 Å². The van der Waals surface area contributed by atoms with Crippen molar-refractivity contribution in [2.45, 2.75) is 69.0 Å². The fourth-order valence-corrected chi connectivity index (χ4v) is 4.56. The van der Waals surface area contributed by atoms with Gasteiger partial charge in [-0.3, -0.25) is 9.80 Å². The summed E-state index contributed by atoms with van der Waals surface area (Å²) in [4.78, 5) is 5.36. The highest BCUT2D eigenvalue weighted by molar-refractivity contribution is 4.95. The summed E-state index contributed by atoms with van der Waals surface area (Å²) < 4.78 is 0. The minimum absolute atomic E-state index is 0.144. The third-order valence-electron chi connectivity index (χ3n) is 5.88. The van der Waals surface area contributed by atoms with Gasteiger partial charge in [-0.05, 0) is 38.5 Å². The molecule has 4 heteroatoms. The summed E-state index contributed by atoms with van der Waals surface area (Å²) in [5.74, 6) is 0. The van der Waals surface area contributed by atoms with Crippen LogP contribution in [0.5, 0.6) is 0 Å². The number of nitrogens with two attached hydrogens (primary N) is 1. The largest absolute Gasteiger partial charge is 0.394 e. The van der Waals surface area contributed by atoms with E-state index in [-0.39, 0.29) is 12.1 Å². The van der Waals surface area contributed by atoms with Crippen LogP contribution in [0.15, 0.2) is 0 Å². The molecule has 0 spiro atoms. The first kappa shape index (κ1) is 14.8. The van der Waals surface area contributed by atoms with E-state index in [1.54, 1.807) is 0 Å². The van der Waals surface area contributed by atoms with Crippen LogP contribution in [0, 0.1) is 0 Å². The Morgan fingerprint density at radius 2 is 1.45 bits per heavy atom. The van der Waals surface area contributed by atoms with Crippen molar-refractivity contribution >= 4 is 0 Å². The van der Waals surface area contributed by atoms with Gasteiger partial charge in [0, 0.05) is 43.8 Å². The molecule has 2 aliphatic carbocycles. The van der Waals surface area contributed by atoms with Crippen LogP contribution >= 0.6 is 0 Å². The first-order chi connectivity index (χ1) is 9.70. The van der Waals surface area contributed by atoms with Crippen molar-refractivity contribution in [1.82, 2.24) is 9.80 Å². The molecule has 0 bridgehead atoms. The summed E-state index contributed by atoms with van der Waals surface area (Å²) >= 11 is 0. The molecule has 0 aromatic carbocycles. The van der Waals surface area contributed by atoms with Gasteiger partial charge in [0.15, 0.2) is 0 Å². The van der Waals surface area contributed by atoms with Gasteiger partial charge in [0.25, 0.3) is 0 Å². The maximum Gasteiger partial charge on any atom is 0.0611 e. The van der Waals surface area contributed by atoms with Crippen molar-refractivity contribution in [3.05, 3.63) is 0 Å². The Kier molecular flexibility index (Phi) is 4.65. The second-order valence-electron chi connectivity index (χ2n) is 7.28. The Hall–Kier alpha value is -0.160. The van der Waals surface area contributed by atoms with E-state index in [9.17, 15) is 5.11 Å². The molecular weight excluding hydrogens is 250 g/mol. The molecule has 2 unspecified atom stereocenters. The molecule has 0 aromatic heterocycles. The Bertz CT molecular complexity index is 311. The lowest BCUT2D eigenvalue weighted by molar-refractivity contribution is 0.0332. The van der Waals surface area contributed by atoms with Crippen LogP contribution in [-0.4, -0.2) is 65.3 Å². The van der Waals surface area contributed by atoms with Crippen LogP contribution in [0.2, 0.25) is 0 Å². The summed E-state index contributed by atoms with van der Waals surface area (Å²) in [6.07, 6.45) is 10.1. The molecule has 1 heterocycles. The van der Waals surface area contributed by atoms with Gasteiger partial charge >= 0.3 is 0 Å². The second kappa shape index (κ2) is 6.30. The van der Waals surface area contributed by atoms with E-state index < -0.39 is 0 Å². The predicted octanol–water partition coefficient (Wildman–Crippen LogP) is 1.18. The standard InChI is InChI=1S/C16H31N3O/c17-16(13-20)7-3-6-15(12-16)19-10-8-18(9-11-19)14-4-1-2-5-14/h14-15,20H,1-13,17H2. The summed E-state index contributed by atoms with van der Waals surface area (Å²) in [6, 6.07) is 1.47. The van der Waals surface area contributed by atoms with Gasteiger partial charge in [-0.1, -0.05) is 12.8 Å². The predicted molar refractivity (Wildman–Crippen MR) is 81.7 cm³/mol. The zero-order valence-electron chi connectivity index (χ0n) is 12.8. The highest BCUT2D eigenvalue weighted by Crippen LogP contribution is 2.31. The Labute approximate surface area is 123 Å². The number of hydrogen-bond donors (Lipinski definition) is 2. The molecule has 3 aliphatic rings. The zero-order chi connectivity index (χ0) is 14.0. The van der Waals surface area contributed by atoms with Crippen LogP contribution < -0.4 is 5.73 Å². The van der Waals surface area contributed by atoms with Gasteiger partial charge in [0.05, 0.1) is 6.61 Å². The smallest absolute Gasteiger partial charge is 0.0611 e. The highest BCUT2D eigenvalue weighted by atomic mass is 16.3. The van der Waals surface area contributed by atoms with E-state index >= 15 is 0 Å². The monoisotopic (exact) mass is 281 g/mol. The Morgan fingerprint density at radius 1 is 0.900 bits per heavy atom. The van der Waals surface area contributed by atoms with Crippen molar-refractivity contribution < 1.29 is 5.11 Å². The van der Waals surface area contributed by atoms with Crippen LogP contribution in [-0.2, 0) is 0 Å². The van der Waals surface area contributed by atoms with E-state index in [1.165, 1.54) is 64.7 Å². The molecule has 0 radical (unpaired) electrons. The second-order valence-corrected chi connectivity index (χ2v) is 7.28. The molecule has 20 heavy (non-hydrogen) atoms. The maximum absolute atomic E-state index is 9.50. The summed E-state index contributed by atoms with van der Waals surface area (Å²) in [5.41, 5.74) is 5.98. The lowest BCUT2D eigenvalue weighted by Gasteiger charge is -2.46. The lowest BCUT2D eigenvalue weighted by atomic mass is 9.79. The number of nitrogens with zero attached hydrogens (tertiary/aromatic N) is 2. The molecule has 0 aromatic rings. The number of rotatable bonds is 3. The molecule has 3 N–H and O–H groups in total.